The fourth-order valence-corrected chi connectivity index (χ4v) is 4.64. The van der Waals surface area contributed by atoms with Crippen LogP contribution in [0.25, 0.3) is 0 Å². The number of hydrogen-bond acceptors (Lipinski definition) is 10. The Morgan fingerprint density at radius 1 is 1.05 bits per heavy atom. The molecular weight excluding hydrogens is 523 g/mol. The lowest BCUT2D eigenvalue weighted by Gasteiger charge is -2.29. The van der Waals surface area contributed by atoms with Gasteiger partial charge in [0.05, 0.1) is 12.8 Å². The van der Waals surface area contributed by atoms with Crippen LogP contribution in [-0.2, 0) is 53.8 Å². The lowest BCUT2D eigenvalue weighted by molar-refractivity contribution is -0.171. The van der Waals surface area contributed by atoms with Gasteiger partial charge in [-0.05, 0) is 33.8 Å². The van der Waals surface area contributed by atoms with E-state index in [0.717, 1.165) is 0 Å². The van der Waals surface area contributed by atoms with Gasteiger partial charge in [-0.25, -0.2) is 18.7 Å². The first-order chi connectivity index (χ1) is 17.9. The average Bonchev–Trinajstić information content (AvgIpc) is 3.18. The van der Waals surface area contributed by atoms with Crippen molar-refractivity contribution >= 4 is 31.5 Å². The van der Waals surface area contributed by atoms with Crippen molar-refractivity contribution in [2.75, 3.05) is 34.8 Å². The van der Waals surface area contributed by atoms with Gasteiger partial charge in [0.15, 0.2) is 11.9 Å². The number of cyclic esters (lactones) is 1. The summed E-state index contributed by atoms with van der Waals surface area (Å²) in [6.07, 6.45) is -3.78. The molecule has 0 aromatic heterocycles. The average molecular weight is 557 g/mol. The molecule has 0 bridgehead atoms. The van der Waals surface area contributed by atoms with E-state index in [1.165, 1.54) is 37.5 Å². The molecule has 0 fully saturated rings. The number of benzene rings is 1. The van der Waals surface area contributed by atoms with E-state index in [4.69, 9.17) is 28.6 Å². The van der Waals surface area contributed by atoms with E-state index in [1.54, 1.807) is 37.3 Å². The fourth-order valence-electron chi connectivity index (χ4n) is 3.20. The predicted octanol–water partition coefficient (Wildman–Crippen LogP) is 2.32. The first kappa shape index (κ1) is 30.8. The summed E-state index contributed by atoms with van der Waals surface area (Å²) in [5, 5.41) is 8.88. The minimum atomic E-state index is -3.76. The molecule has 13 nitrogen and oxygen atoms in total. The summed E-state index contributed by atoms with van der Waals surface area (Å²) in [5.41, 5.74) is 0.716. The van der Waals surface area contributed by atoms with E-state index in [0.29, 0.717) is 5.56 Å². The second-order valence-electron chi connectivity index (χ2n) is 8.53. The number of rotatable bonds is 15. The molecule has 1 aliphatic rings. The van der Waals surface area contributed by atoms with Crippen LogP contribution in [0.3, 0.4) is 0 Å². The summed E-state index contributed by atoms with van der Waals surface area (Å²) < 4.78 is 43.7. The number of carbonyl (C=O) groups is 4. The zero-order valence-corrected chi connectivity index (χ0v) is 22.8. The van der Waals surface area contributed by atoms with Crippen LogP contribution >= 0.6 is 7.67 Å². The highest BCUT2D eigenvalue weighted by molar-refractivity contribution is 7.54. The van der Waals surface area contributed by atoms with Crippen molar-refractivity contribution in [2.24, 2.45) is 0 Å². The van der Waals surface area contributed by atoms with Crippen LogP contribution in [0.15, 0.2) is 41.9 Å². The normalized spacial score (nSPS) is 16.3. The summed E-state index contributed by atoms with van der Waals surface area (Å²) in [7, 11) is 2.25. The molecule has 1 aromatic carbocycles. The molecule has 210 valence electrons. The van der Waals surface area contributed by atoms with Crippen LogP contribution in [0.4, 0.5) is 0 Å². The minimum absolute atomic E-state index is 0.0283. The Hall–Kier alpha value is -3.41. The molecule has 1 aliphatic heterocycles. The Balaban J connectivity index is 2.48. The maximum absolute atomic E-state index is 13.5. The van der Waals surface area contributed by atoms with E-state index < -0.39 is 69.0 Å². The lowest BCUT2D eigenvalue weighted by atomic mass is 10.1. The second-order valence-corrected chi connectivity index (χ2v) is 11.3. The molecule has 0 amide bonds. The van der Waals surface area contributed by atoms with Crippen LogP contribution in [-0.4, -0.2) is 85.3 Å². The smallest absolute Gasteiger partial charge is 0.395 e. The molecule has 14 heteroatoms. The van der Waals surface area contributed by atoms with E-state index in [2.05, 4.69) is 0 Å². The molecular formula is C24H33N2O11P. The SMILES string of the molecule is CCC(=O)OCC(OC(=O)CCC(=O)O)C1OC(=O)C(OP(=O)(N(C)C)N(C)C)=C1OCc1ccccc1. The van der Waals surface area contributed by atoms with Crippen LogP contribution in [0, 0.1) is 0 Å². The molecule has 0 saturated carbocycles. The quantitative estimate of drug-likeness (QED) is 0.191. The highest BCUT2D eigenvalue weighted by Crippen LogP contribution is 2.54. The maximum atomic E-state index is 13.5. The highest BCUT2D eigenvalue weighted by Gasteiger charge is 2.48. The summed E-state index contributed by atoms with van der Waals surface area (Å²) in [4.78, 5) is 48.0. The Morgan fingerprint density at radius 2 is 1.68 bits per heavy atom. The van der Waals surface area contributed by atoms with Gasteiger partial charge in [-0.15, -0.1) is 0 Å². The van der Waals surface area contributed by atoms with Gasteiger partial charge in [-0.2, -0.15) is 0 Å². The van der Waals surface area contributed by atoms with Crippen LogP contribution in [0.5, 0.6) is 0 Å². The monoisotopic (exact) mass is 556 g/mol. The van der Waals surface area contributed by atoms with Crippen molar-refractivity contribution in [2.45, 2.75) is 45.0 Å². The van der Waals surface area contributed by atoms with Gasteiger partial charge >= 0.3 is 31.5 Å². The Bertz CT molecular complexity index is 1080. The van der Waals surface area contributed by atoms with Crippen molar-refractivity contribution in [1.82, 2.24) is 9.34 Å². The zero-order valence-electron chi connectivity index (χ0n) is 21.9. The predicted molar refractivity (Wildman–Crippen MR) is 132 cm³/mol. The first-order valence-electron chi connectivity index (χ1n) is 11.7. The number of carboxylic acids is 1. The van der Waals surface area contributed by atoms with Gasteiger partial charge < -0.3 is 28.6 Å². The number of carbonyl (C=O) groups excluding carboxylic acids is 3. The minimum Gasteiger partial charge on any atom is -0.485 e. The molecule has 0 saturated heterocycles. The van der Waals surface area contributed by atoms with E-state index in [9.17, 15) is 23.7 Å². The summed E-state index contributed by atoms with van der Waals surface area (Å²) in [6, 6.07) is 8.90. The van der Waals surface area contributed by atoms with Gasteiger partial charge in [0.25, 0.3) is 5.76 Å². The van der Waals surface area contributed by atoms with Crippen LogP contribution < -0.4 is 0 Å². The zero-order chi connectivity index (χ0) is 28.5. The molecule has 1 heterocycles. The van der Waals surface area contributed by atoms with Crippen molar-refractivity contribution in [3.05, 3.63) is 47.4 Å². The largest absolute Gasteiger partial charge is 0.485 e. The third kappa shape index (κ3) is 8.30. The fraction of sp³-hybridized carbons (Fsp3) is 0.500. The van der Waals surface area contributed by atoms with E-state index in [-0.39, 0.29) is 18.8 Å². The molecule has 2 atom stereocenters. The first-order valence-corrected chi connectivity index (χ1v) is 13.3. The number of ether oxygens (including phenoxy) is 4. The molecule has 38 heavy (non-hydrogen) atoms. The molecule has 2 unspecified atom stereocenters. The van der Waals surface area contributed by atoms with Gasteiger partial charge in [0.2, 0.25) is 6.10 Å². The lowest BCUT2D eigenvalue weighted by Crippen LogP contribution is -2.38. The molecule has 0 radical (unpaired) electrons. The van der Waals surface area contributed by atoms with E-state index >= 15 is 0 Å². The molecule has 1 N–H and O–H groups in total. The summed E-state index contributed by atoms with van der Waals surface area (Å²) in [6.45, 7) is 0.985. The molecule has 0 aliphatic carbocycles. The highest BCUT2D eigenvalue weighted by atomic mass is 31.2. The van der Waals surface area contributed by atoms with Crippen LogP contribution in [0.1, 0.15) is 31.7 Å². The molecule has 1 aromatic rings. The van der Waals surface area contributed by atoms with Crippen molar-refractivity contribution in [3.8, 4) is 0 Å². The van der Waals surface area contributed by atoms with Gasteiger partial charge in [-0.3, -0.25) is 14.4 Å². The van der Waals surface area contributed by atoms with Crippen molar-refractivity contribution in [3.63, 3.8) is 0 Å². The number of hydrogen-bond donors (Lipinski definition) is 1. The maximum Gasteiger partial charge on any atom is 0.395 e. The Kier molecular flexibility index (Phi) is 11.3. The Labute approximate surface area is 220 Å². The summed E-state index contributed by atoms with van der Waals surface area (Å²) >= 11 is 0. The van der Waals surface area contributed by atoms with Gasteiger partial charge in [0, 0.05) is 6.42 Å². The standard InChI is InChI=1S/C24H33N2O11P/c1-6-19(29)33-15-17(35-20(30)13-12-18(27)28)21-22(34-14-16-10-8-7-9-11-16)23(24(31)36-21)37-38(32,25(2)3)26(4)5/h7-11,17,21H,6,12-15H2,1-5H3,(H,27,28). The second kappa shape index (κ2) is 13.9. The Morgan fingerprint density at radius 3 is 2.24 bits per heavy atom. The third-order valence-electron chi connectivity index (χ3n) is 5.22. The van der Waals surface area contributed by atoms with Crippen molar-refractivity contribution < 1.29 is 52.3 Å². The topological polar surface area (TPSA) is 158 Å². The number of nitrogens with zero attached hydrogens (tertiary/aromatic N) is 2. The number of esters is 3. The van der Waals surface area contributed by atoms with Crippen LogP contribution in [0.2, 0.25) is 0 Å². The summed E-state index contributed by atoms with van der Waals surface area (Å²) in [5.74, 6) is -4.50. The van der Waals surface area contributed by atoms with Crippen molar-refractivity contribution in [1.29, 1.82) is 0 Å². The number of aliphatic carboxylic acids is 1. The van der Waals surface area contributed by atoms with Gasteiger partial charge in [0.1, 0.15) is 13.2 Å². The molecule has 0 spiro atoms. The van der Waals surface area contributed by atoms with Gasteiger partial charge in [-0.1, -0.05) is 37.3 Å². The number of carboxylic acid groups (broad SMARTS) is 1. The third-order valence-corrected chi connectivity index (χ3v) is 7.66. The molecule has 2 rings (SSSR count). The van der Waals surface area contributed by atoms with E-state index in [1.807, 2.05) is 0 Å².